The van der Waals surface area contributed by atoms with E-state index in [9.17, 15) is 4.79 Å². The number of nitrogens with zero attached hydrogens (tertiary/aromatic N) is 1. The number of pyridine rings is 1. The summed E-state index contributed by atoms with van der Waals surface area (Å²) in [5, 5.41) is 1.33. The third-order valence-corrected chi connectivity index (χ3v) is 3.67. The van der Waals surface area contributed by atoms with Gasteiger partial charge in [-0.2, -0.15) is 0 Å². The number of carbonyl (C=O) groups excluding carboxylic acids is 1. The smallest absolute Gasteiger partial charge is 0.345 e. The highest BCUT2D eigenvalue weighted by molar-refractivity contribution is 6.35. The molecule has 1 atom stereocenters. The van der Waals surface area contributed by atoms with E-state index in [0.29, 0.717) is 22.7 Å². The second kappa shape index (κ2) is 6.67. The van der Waals surface area contributed by atoms with Crippen LogP contribution < -0.4 is 4.74 Å². The van der Waals surface area contributed by atoms with Crippen molar-refractivity contribution < 1.29 is 14.3 Å². The molecule has 0 N–H and O–H groups in total. The summed E-state index contributed by atoms with van der Waals surface area (Å²) in [5.41, 5.74) is -0.321. The number of esters is 1. The number of hydrogen-bond donors (Lipinski definition) is 0. The molecule has 0 bridgehead atoms. The van der Waals surface area contributed by atoms with Crippen LogP contribution in [0.2, 0.25) is 5.02 Å². The predicted octanol–water partition coefficient (Wildman–Crippen LogP) is 3.61. The van der Waals surface area contributed by atoms with Crippen LogP contribution in [-0.4, -0.2) is 23.2 Å². The van der Waals surface area contributed by atoms with Gasteiger partial charge in [-0.3, -0.25) is 4.98 Å². The number of carbonyl (C=O) groups is 1. The van der Waals surface area contributed by atoms with Gasteiger partial charge in [0.2, 0.25) is 0 Å². The van der Waals surface area contributed by atoms with E-state index < -0.39 is 11.6 Å². The van der Waals surface area contributed by atoms with E-state index in [4.69, 9.17) is 27.5 Å². The zero-order valence-corrected chi connectivity index (χ0v) is 13.2. The molecule has 5 heteroatoms. The van der Waals surface area contributed by atoms with Crippen molar-refractivity contribution in [3.8, 4) is 18.1 Å². The molecule has 0 radical (unpaired) electrons. The first-order valence-corrected chi connectivity index (χ1v) is 7.22. The first-order chi connectivity index (χ1) is 10.5. The Balaban J connectivity index is 2.11. The molecule has 0 spiro atoms. The highest BCUT2D eigenvalue weighted by Crippen LogP contribution is 2.29. The molecule has 0 amide bonds. The summed E-state index contributed by atoms with van der Waals surface area (Å²) in [6.45, 7) is 3.29. The molecule has 22 heavy (non-hydrogen) atoms. The summed E-state index contributed by atoms with van der Waals surface area (Å²) < 4.78 is 10.8. The van der Waals surface area contributed by atoms with Gasteiger partial charge in [0, 0.05) is 11.6 Å². The fraction of sp³-hybridized carbons (Fsp3) is 0.294. The normalized spacial score (nSPS) is 13.2. The van der Waals surface area contributed by atoms with Crippen molar-refractivity contribution in [2.24, 2.45) is 0 Å². The highest BCUT2D eigenvalue weighted by Gasteiger charge is 2.24. The molecular weight excluding hydrogens is 302 g/mol. The van der Waals surface area contributed by atoms with E-state index in [0.717, 1.165) is 5.39 Å². The number of hydrogen-bond acceptors (Lipinski definition) is 4. The SMILES string of the molecule is C#CC(C)(CC)OC(=O)COc1ccc(Cl)c2cccnc12. The summed E-state index contributed by atoms with van der Waals surface area (Å²) in [7, 11) is 0. The molecule has 1 aromatic heterocycles. The van der Waals surface area contributed by atoms with E-state index in [2.05, 4.69) is 10.9 Å². The zero-order chi connectivity index (χ0) is 16.2. The minimum absolute atomic E-state index is 0.245. The molecule has 2 aromatic rings. The largest absolute Gasteiger partial charge is 0.480 e. The van der Waals surface area contributed by atoms with Gasteiger partial charge in [-0.05, 0) is 37.6 Å². The van der Waals surface area contributed by atoms with Crippen molar-refractivity contribution in [2.45, 2.75) is 25.9 Å². The van der Waals surface area contributed by atoms with Crippen LogP contribution in [0.15, 0.2) is 30.5 Å². The van der Waals surface area contributed by atoms with Gasteiger partial charge in [0.1, 0.15) is 11.3 Å². The number of rotatable bonds is 5. The Morgan fingerprint density at radius 1 is 1.45 bits per heavy atom. The summed E-state index contributed by atoms with van der Waals surface area (Å²) in [4.78, 5) is 16.1. The van der Waals surface area contributed by atoms with Crippen molar-refractivity contribution >= 4 is 28.5 Å². The van der Waals surface area contributed by atoms with E-state index in [1.807, 2.05) is 13.0 Å². The van der Waals surface area contributed by atoms with Crippen molar-refractivity contribution in [3.05, 3.63) is 35.5 Å². The average molecular weight is 318 g/mol. The number of benzene rings is 1. The Bertz CT molecular complexity index is 738. The third-order valence-electron chi connectivity index (χ3n) is 3.34. The van der Waals surface area contributed by atoms with Crippen LogP contribution >= 0.6 is 11.6 Å². The molecule has 114 valence electrons. The summed E-state index contributed by atoms with van der Waals surface area (Å²) >= 11 is 6.11. The number of terminal acetylenes is 1. The van der Waals surface area contributed by atoms with Gasteiger partial charge >= 0.3 is 5.97 Å². The van der Waals surface area contributed by atoms with Crippen LogP contribution in [0.25, 0.3) is 10.9 Å². The van der Waals surface area contributed by atoms with E-state index in [1.165, 1.54) is 0 Å². The van der Waals surface area contributed by atoms with Crippen LogP contribution in [0.4, 0.5) is 0 Å². The monoisotopic (exact) mass is 317 g/mol. The van der Waals surface area contributed by atoms with Gasteiger partial charge in [0.15, 0.2) is 12.2 Å². The van der Waals surface area contributed by atoms with E-state index in [-0.39, 0.29) is 6.61 Å². The lowest BCUT2D eigenvalue weighted by Gasteiger charge is -2.22. The van der Waals surface area contributed by atoms with Gasteiger partial charge < -0.3 is 9.47 Å². The summed E-state index contributed by atoms with van der Waals surface area (Å²) in [6, 6.07) is 6.99. The minimum Gasteiger partial charge on any atom is -0.480 e. The molecule has 0 aliphatic carbocycles. The van der Waals surface area contributed by atoms with E-state index >= 15 is 0 Å². The fourth-order valence-corrected chi connectivity index (χ4v) is 2.06. The predicted molar refractivity (Wildman–Crippen MR) is 85.9 cm³/mol. The minimum atomic E-state index is -0.916. The highest BCUT2D eigenvalue weighted by atomic mass is 35.5. The molecule has 1 heterocycles. The average Bonchev–Trinajstić information content (AvgIpc) is 2.54. The van der Waals surface area contributed by atoms with E-state index in [1.54, 1.807) is 31.3 Å². The Kier molecular flexibility index (Phi) is 4.89. The first-order valence-electron chi connectivity index (χ1n) is 6.84. The van der Waals surface area contributed by atoms with Crippen molar-refractivity contribution in [1.29, 1.82) is 0 Å². The van der Waals surface area contributed by atoms with Gasteiger partial charge in [0.25, 0.3) is 0 Å². The van der Waals surface area contributed by atoms with Crippen molar-refractivity contribution in [3.63, 3.8) is 0 Å². The van der Waals surface area contributed by atoms with Crippen molar-refractivity contribution in [1.82, 2.24) is 4.98 Å². The van der Waals surface area contributed by atoms with Gasteiger partial charge in [-0.25, -0.2) is 4.79 Å². The van der Waals surface area contributed by atoms with Crippen LogP contribution in [0.1, 0.15) is 20.3 Å². The Labute approximate surface area is 134 Å². The molecule has 0 fully saturated rings. The lowest BCUT2D eigenvalue weighted by molar-refractivity contribution is -0.155. The Morgan fingerprint density at radius 2 is 2.23 bits per heavy atom. The first kappa shape index (κ1) is 16.1. The number of halogens is 1. The number of aromatic nitrogens is 1. The molecule has 0 aliphatic heterocycles. The molecule has 0 aliphatic rings. The maximum absolute atomic E-state index is 11.9. The standard InChI is InChI=1S/C17H16ClNO3/c1-4-17(3,5-2)22-15(20)11-21-14-9-8-13(18)12-7-6-10-19-16(12)14/h1,6-10H,5,11H2,2-3H3. The molecule has 2 rings (SSSR count). The maximum atomic E-state index is 11.9. The maximum Gasteiger partial charge on any atom is 0.345 e. The number of ether oxygens (including phenoxy) is 2. The lowest BCUT2D eigenvalue weighted by atomic mass is 10.1. The summed E-state index contributed by atoms with van der Waals surface area (Å²) in [6.07, 6.45) is 7.54. The van der Waals surface area contributed by atoms with Crippen LogP contribution in [0.3, 0.4) is 0 Å². The Hall–Kier alpha value is -2.25. The van der Waals surface area contributed by atoms with Crippen LogP contribution in [0, 0.1) is 12.3 Å². The van der Waals surface area contributed by atoms with Gasteiger partial charge in [-0.1, -0.05) is 24.4 Å². The van der Waals surface area contributed by atoms with Gasteiger partial charge in [0.05, 0.1) is 5.02 Å². The molecule has 4 nitrogen and oxygen atoms in total. The Morgan fingerprint density at radius 3 is 2.91 bits per heavy atom. The fourth-order valence-electron chi connectivity index (χ4n) is 1.85. The second-order valence-corrected chi connectivity index (χ2v) is 5.34. The van der Waals surface area contributed by atoms with Gasteiger partial charge in [-0.15, -0.1) is 6.42 Å². The van der Waals surface area contributed by atoms with Crippen LogP contribution in [0.5, 0.6) is 5.75 Å². The quantitative estimate of drug-likeness (QED) is 0.624. The van der Waals surface area contributed by atoms with Crippen molar-refractivity contribution in [2.75, 3.05) is 6.61 Å². The molecule has 0 saturated heterocycles. The third kappa shape index (κ3) is 3.49. The zero-order valence-electron chi connectivity index (χ0n) is 12.4. The number of fused-ring (bicyclic) bond motifs is 1. The van der Waals surface area contributed by atoms with Crippen LogP contribution in [-0.2, 0) is 9.53 Å². The second-order valence-electron chi connectivity index (χ2n) is 4.94. The molecule has 0 saturated carbocycles. The molecule has 1 unspecified atom stereocenters. The molecule has 1 aromatic carbocycles. The topological polar surface area (TPSA) is 48.4 Å². The molecular formula is C17H16ClNO3. The summed E-state index contributed by atoms with van der Waals surface area (Å²) in [5.74, 6) is 2.41. The lowest BCUT2D eigenvalue weighted by Crippen LogP contribution is -2.31.